The number of carbonyl (C=O) groups excluding carboxylic acids is 2. The molecule has 0 fully saturated rings. The fourth-order valence-electron chi connectivity index (χ4n) is 3.50. The normalized spacial score (nSPS) is 10.8. The number of nitro groups is 1. The topological polar surface area (TPSA) is 144 Å². The average Bonchev–Trinajstić information content (AvgIpc) is 2.89. The van der Waals surface area contributed by atoms with Crippen molar-refractivity contribution in [2.24, 2.45) is 0 Å². The number of carbonyl (C=O) groups is 2. The number of nitrogens with one attached hydrogen (secondary N) is 2. The smallest absolute Gasteiger partial charge is 0.271 e. The molecular weight excluding hydrogens is 568 g/mol. The summed E-state index contributed by atoms with van der Waals surface area (Å²) in [6, 6.07) is 16.0. The largest absolute Gasteiger partial charge is 0.490 e. The van der Waals surface area contributed by atoms with E-state index in [-0.39, 0.29) is 35.2 Å². The number of rotatable bonds is 10. The quantitative estimate of drug-likeness (QED) is 0.128. The van der Waals surface area contributed by atoms with Gasteiger partial charge in [-0.2, -0.15) is 5.26 Å². The molecule has 2 amide bonds. The minimum atomic E-state index is -0.740. The number of amides is 2. The highest BCUT2D eigenvalue weighted by Gasteiger charge is 2.17. The minimum Gasteiger partial charge on any atom is -0.490 e. The number of nitro benzene ring substituents is 1. The van der Waals surface area contributed by atoms with Crippen LogP contribution in [0.4, 0.5) is 17.1 Å². The summed E-state index contributed by atoms with van der Waals surface area (Å²) in [6.07, 6.45) is 1.34. The van der Waals surface area contributed by atoms with E-state index in [2.05, 4.69) is 26.6 Å². The van der Waals surface area contributed by atoms with E-state index in [1.165, 1.54) is 30.3 Å². The lowest BCUT2D eigenvalue weighted by molar-refractivity contribution is -0.384. The Balaban J connectivity index is 1.79. The number of hydrogen-bond acceptors (Lipinski definition) is 7. The molecule has 0 spiro atoms. The van der Waals surface area contributed by atoms with Gasteiger partial charge in [-0.3, -0.25) is 19.7 Å². The Morgan fingerprint density at radius 1 is 1.10 bits per heavy atom. The molecule has 0 aliphatic heterocycles. The van der Waals surface area contributed by atoms with Gasteiger partial charge in [-0.05, 0) is 83.7 Å². The maximum Gasteiger partial charge on any atom is 0.271 e. The summed E-state index contributed by atoms with van der Waals surface area (Å²) in [5.41, 5.74) is 2.89. The van der Waals surface area contributed by atoms with E-state index in [4.69, 9.17) is 9.47 Å². The molecule has 0 unspecified atom stereocenters. The molecule has 0 aromatic heterocycles. The molecule has 3 aromatic rings. The molecule has 0 radical (unpaired) electrons. The first-order chi connectivity index (χ1) is 18.6. The highest BCUT2D eigenvalue weighted by molar-refractivity contribution is 9.10. The molecule has 200 valence electrons. The minimum absolute atomic E-state index is 0.175. The van der Waals surface area contributed by atoms with Crippen LogP contribution in [0.15, 0.2) is 64.6 Å². The van der Waals surface area contributed by atoms with Gasteiger partial charge in [0.15, 0.2) is 18.1 Å². The average molecular weight is 593 g/mol. The van der Waals surface area contributed by atoms with Gasteiger partial charge in [-0.1, -0.05) is 18.2 Å². The van der Waals surface area contributed by atoms with Gasteiger partial charge in [0.2, 0.25) is 0 Å². The van der Waals surface area contributed by atoms with Crippen molar-refractivity contribution in [1.82, 2.24) is 0 Å². The van der Waals surface area contributed by atoms with Crippen molar-refractivity contribution in [2.75, 3.05) is 23.8 Å². The van der Waals surface area contributed by atoms with Crippen LogP contribution in [0.5, 0.6) is 11.5 Å². The van der Waals surface area contributed by atoms with Crippen LogP contribution in [0.2, 0.25) is 0 Å². The number of ether oxygens (including phenoxy) is 2. The maximum atomic E-state index is 12.7. The van der Waals surface area contributed by atoms with Gasteiger partial charge in [-0.15, -0.1) is 0 Å². The van der Waals surface area contributed by atoms with E-state index in [1.54, 1.807) is 19.1 Å². The van der Waals surface area contributed by atoms with E-state index >= 15 is 0 Å². The molecule has 39 heavy (non-hydrogen) atoms. The lowest BCUT2D eigenvalue weighted by Crippen LogP contribution is -2.21. The zero-order chi connectivity index (χ0) is 28.5. The van der Waals surface area contributed by atoms with Crippen LogP contribution in [0, 0.1) is 35.3 Å². The number of anilines is 2. The third kappa shape index (κ3) is 7.66. The Labute approximate surface area is 233 Å². The number of halogens is 1. The number of benzene rings is 3. The summed E-state index contributed by atoms with van der Waals surface area (Å²) in [6.45, 7) is 5.67. The van der Waals surface area contributed by atoms with E-state index in [0.717, 1.165) is 11.1 Å². The van der Waals surface area contributed by atoms with Crippen LogP contribution in [0.25, 0.3) is 6.08 Å². The second kappa shape index (κ2) is 13.2. The summed E-state index contributed by atoms with van der Waals surface area (Å²) >= 11 is 3.42. The lowest BCUT2D eigenvalue weighted by atomic mass is 10.1. The fourth-order valence-corrected chi connectivity index (χ4v) is 4.07. The SMILES string of the molecule is CCOc1cc(/C=C(/C#N)C(=O)Nc2cccc([N+](=O)[O-])c2)cc(Br)c1OCC(=O)Nc1cccc(C)c1C. The van der Waals surface area contributed by atoms with Gasteiger partial charge in [0.05, 0.1) is 16.0 Å². The summed E-state index contributed by atoms with van der Waals surface area (Å²) in [4.78, 5) is 35.6. The van der Waals surface area contributed by atoms with Crippen molar-refractivity contribution >= 4 is 50.9 Å². The van der Waals surface area contributed by atoms with Crippen molar-refractivity contribution in [1.29, 1.82) is 5.26 Å². The molecule has 10 nitrogen and oxygen atoms in total. The van der Waals surface area contributed by atoms with Gasteiger partial charge < -0.3 is 20.1 Å². The number of hydrogen-bond donors (Lipinski definition) is 2. The molecule has 0 saturated carbocycles. The monoisotopic (exact) mass is 592 g/mol. The Morgan fingerprint density at radius 2 is 1.85 bits per heavy atom. The van der Waals surface area contributed by atoms with Crippen molar-refractivity contribution in [3.8, 4) is 17.6 Å². The second-order valence-electron chi connectivity index (χ2n) is 8.28. The van der Waals surface area contributed by atoms with Crippen LogP contribution in [-0.4, -0.2) is 30.0 Å². The van der Waals surface area contributed by atoms with Crippen LogP contribution < -0.4 is 20.1 Å². The molecule has 0 saturated heterocycles. The molecule has 0 atom stereocenters. The van der Waals surface area contributed by atoms with E-state index in [9.17, 15) is 25.0 Å². The Hall–Kier alpha value is -4.69. The number of nitriles is 1. The number of non-ortho nitro benzene ring substituents is 1. The van der Waals surface area contributed by atoms with Crippen LogP contribution in [0.1, 0.15) is 23.6 Å². The molecule has 0 heterocycles. The van der Waals surface area contributed by atoms with Crippen LogP contribution in [0.3, 0.4) is 0 Å². The lowest BCUT2D eigenvalue weighted by Gasteiger charge is -2.15. The standard InChI is InChI=1S/C28H25BrN4O6/c1-4-38-25-13-19(11-20(15-30)28(35)31-21-8-6-9-22(14-21)33(36)37)12-23(29)27(25)39-16-26(34)32-24-10-5-7-17(2)18(24)3/h5-14H,4,16H2,1-3H3,(H,31,35)(H,32,34)/b20-11-. The van der Waals surface area contributed by atoms with Gasteiger partial charge >= 0.3 is 0 Å². The molecule has 3 rings (SSSR count). The first-order valence-electron chi connectivity index (χ1n) is 11.8. The first kappa shape index (κ1) is 28.9. The summed E-state index contributed by atoms with van der Waals surface area (Å²) in [5.74, 6) is -0.513. The molecule has 0 aliphatic carbocycles. The predicted molar refractivity (Wildman–Crippen MR) is 151 cm³/mol. The molecule has 2 N–H and O–H groups in total. The zero-order valence-electron chi connectivity index (χ0n) is 21.4. The van der Waals surface area contributed by atoms with Gasteiger partial charge in [0.1, 0.15) is 11.6 Å². The molecule has 0 aliphatic rings. The van der Waals surface area contributed by atoms with E-state index in [0.29, 0.717) is 28.1 Å². The molecular formula is C28H25BrN4O6. The Kier molecular flexibility index (Phi) is 9.78. The fraction of sp³-hybridized carbons (Fsp3) is 0.179. The van der Waals surface area contributed by atoms with Crippen molar-refractivity contribution in [3.63, 3.8) is 0 Å². The Morgan fingerprint density at radius 3 is 2.54 bits per heavy atom. The third-order valence-corrected chi connectivity index (χ3v) is 6.14. The second-order valence-corrected chi connectivity index (χ2v) is 9.13. The van der Waals surface area contributed by atoms with Crippen molar-refractivity contribution in [3.05, 3.63) is 91.4 Å². The summed E-state index contributed by atoms with van der Waals surface area (Å²) in [5, 5.41) is 25.9. The van der Waals surface area contributed by atoms with Gasteiger partial charge in [0, 0.05) is 23.5 Å². The Bertz CT molecular complexity index is 1500. The molecule has 11 heteroatoms. The number of nitrogens with zero attached hydrogens (tertiary/aromatic N) is 2. The maximum absolute atomic E-state index is 12.7. The summed E-state index contributed by atoms with van der Waals surface area (Å²) < 4.78 is 11.9. The first-order valence-corrected chi connectivity index (χ1v) is 12.5. The molecule has 3 aromatic carbocycles. The third-order valence-electron chi connectivity index (χ3n) is 5.55. The zero-order valence-corrected chi connectivity index (χ0v) is 23.0. The number of aryl methyl sites for hydroxylation is 1. The van der Waals surface area contributed by atoms with Crippen molar-refractivity contribution < 1.29 is 24.0 Å². The van der Waals surface area contributed by atoms with E-state index in [1.807, 2.05) is 38.1 Å². The molecule has 0 bridgehead atoms. The van der Waals surface area contributed by atoms with E-state index < -0.39 is 10.8 Å². The highest BCUT2D eigenvalue weighted by Crippen LogP contribution is 2.37. The van der Waals surface area contributed by atoms with Crippen molar-refractivity contribution in [2.45, 2.75) is 20.8 Å². The van der Waals surface area contributed by atoms with Crippen LogP contribution >= 0.6 is 15.9 Å². The predicted octanol–water partition coefficient (Wildman–Crippen LogP) is 5.94. The van der Waals surface area contributed by atoms with Crippen LogP contribution in [-0.2, 0) is 9.59 Å². The summed E-state index contributed by atoms with van der Waals surface area (Å²) in [7, 11) is 0. The highest BCUT2D eigenvalue weighted by atomic mass is 79.9. The van der Waals surface area contributed by atoms with Gasteiger partial charge in [-0.25, -0.2) is 0 Å². The van der Waals surface area contributed by atoms with Gasteiger partial charge in [0.25, 0.3) is 17.5 Å².